The monoisotopic (exact) mass is 527 g/mol. The number of thiazole rings is 1. The Bertz CT molecular complexity index is 1160. The lowest BCUT2D eigenvalue weighted by Gasteiger charge is -2.41. The third kappa shape index (κ3) is 6.02. The van der Waals surface area contributed by atoms with Crippen LogP contribution in [0.3, 0.4) is 0 Å². The third-order valence-electron chi connectivity index (χ3n) is 6.55. The number of nitrogens with two attached hydrogens (primary N) is 1. The average molecular weight is 528 g/mol. The maximum atomic E-state index is 12.8. The van der Waals surface area contributed by atoms with Crippen molar-refractivity contribution in [2.45, 2.75) is 43.7 Å². The van der Waals surface area contributed by atoms with Gasteiger partial charge in [0.25, 0.3) is 0 Å². The van der Waals surface area contributed by atoms with Gasteiger partial charge in [-0.05, 0) is 58.0 Å². The molecule has 1 saturated heterocycles. The summed E-state index contributed by atoms with van der Waals surface area (Å²) in [6, 6.07) is 7.46. The maximum absolute atomic E-state index is 12.8. The fourth-order valence-corrected chi connectivity index (χ4v) is 5.52. The zero-order valence-corrected chi connectivity index (χ0v) is 20.6. The number of rotatable bonds is 8. The van der Waals surface area contributed by atoms with Crippen LogP contribution in [0.5, 0.6) is 0 Å². The zero-order valence-electron chi connectivity index (χ0n) is 19.0. The number of piperidine rings is 1. The number of primary amides is 1. The van der Waals surface area contributed by atoms with E-state index < -0.39 is 23.9 Å². The molecule has 12 heteroatoms. The van der Waals surface area contributed by atoms with Crippen LogP contribution in [-0.2, 0) is 22.8 Å². The average Bonchev–Trinajstić information content (AvgIpc) is 3.49. The fraction of sp³-hybridized carbons (Fsp3) is 0.478. The smallest absolute Gasteiger partial charge is 0.369 e. The number of alkyl halides is 3. The van der Waals surface area contributed by atoms with Gasteiger partial charge in [0, 0.05) is 33.7 Å². The number of nitrogens with zero attached hydrogens (tertiary/aromatic N) is 4. The van der Waals surface area contributed by atoms with Crippen molar-refractivity contribution < 1.29 is 22.5 Å². The minimum atomic E-state index is -4.71. The van der Waals surface area contributed by atoms with Crippen molar-refractivity contribution in [1.29, 1.82) is 0 Å². The second-order valence-corrected chi connectivity index (χ2v) is 10.3. The first-order valence-electron chi connectivity index (χ1n) is 11.2. The molecule has 0 radical (unpaired) electrons. The number of carbonyl (C=O) groups is 1. The Labute approximate surface area is 209 Å². The summed E-state index contributed by atoms with van der Waals surface area (Å²) in [5.41, 5.74) is 7.23. The predicted octanol–water partition coefficient (Wildman–Crippen LogP) is 4.95. The first-order chi connectivity index (χ1) is 16.6. The first-order valence-corrected chi connectivity index (χ1v) is 12.4. The second kappa shape index (κ2) is 10.2. The summed E-state index contributed by atoms with van der Waals surface area (Å²) < 4.78 is 42.6. The summed E-state index contributed by atoms with van der Waals surface area (Å²) in [7, 11) is 2.05. The van der Waals surface area contributed by atoms with Crippen LogP contribution in [0.2, 0.25) is 5.02 Å². The Balaban J connectivity index is 1.55. The normalized spacial score (nSPS) is 17.4. The van der Waals surface area contributed by atoms with E-state index in [4.69, 9.17) is 22.3 Å². The molecule has 1 unspecified atom stereocenters. The number of halogens is 4. The van der Waals surface area contributed by atoms with Gasteiger partial charge in [-0.25, -0.2) is 4.98 Å². The van der Waals surface area contributed by atoms with Gasteiger partial charge in [-0.1, -0.05) is 28.9 Å². The summed E-state index contributed by atoms with van der Waals surface area (Å²) in [6.07, 6.45) is -2.41. The Kier molecular flexibility index (Phi) is 7.48. The van der Waals surface area contributed by atoms with E-state index in [2.05, 4.69) is 19.6 Å². The molecule has 7 nitrogen and oxygen atoms in total. The van der Waals surface area contributed by atoms with E-state index in [-0.39, 0.29) is 24.1 Å². The standard InChI is InChI=1S/C23H25ClF3N5O2S/c1-32-10-8-22(9-11-32,17-13-35-20(29-17)14-2-5-16(24)6-3-14)12-15(19(28)33)4-7-18-30-21(34-31-18)23(25,26)27/h2-3,5-6,13,15H,4,7-12H2,1H3,(H2,28,33). The van der Waals surface area contributed by atoms with E-state index in [9.17, 15) is 18.0 Å². The third-order valence-corrected chi connectivity index (χ3v) is 7.69. The molecule has 1 amide bonds. The lowest BCUT2D eigenvalue weighted by Crippen LogP contribution is -2.44. The molecular weight excluding hydrogens is 503 g/mol. The summed E-state index contributed by atoms with van der Waals surface area (Å²) in [5.74, 6) is -2.57. The molecule has 35 heavy (non-hydrogen) atoms. The Morgan fingerprint density at radius 3 is 2.54 bits per heavy atom. The van der Waals surface area contributed by atoms with Crippen molar-refractivity contribution in [3.8, 4) is 10.6 Å². The maximum Gasteiger partial charge on any atom is 0.471 e. The van der Waals surface area contributed by atoms with Crippen LogP contribution in [-0.4, -0.2) is 46.1 Å². The number of amides is 1. The largest absolute Gasteiger partial charge is 0.471 e. The van der Waals surface area contributed by atoms with Gasteiger partial charge in [0.2, 0.25) is 5.91 Å². The van der Waals surface area contributed by atoms with Crippen LogP contribution >= 0.6 is 22.9 Å². The molecule has 188 valence electrons. The highest BCUT2D eigenvalue weighted by Crippen LogP contribution is 2.43. The molecule has 1 atom stereocenters. The molecule has 1 aliphatic heterocycles. The number of hydrogen-bond donors (Lipinski definition) is 1. The van der Waals surface area contributed by atoms with Crippen molar-refractivity contribution in [2.75, 3.05) is 20.1 Å². The molecule has 4 rings (SSSR count). The molecule has 1 aromatic carbocycles. The SMILES string of the molecule is CN1CCC(CC(CCc2noc(C(F)(F)F)n2)C(N)=O)(c2csc(-c3ccc(Cl)cc3)n2)CC1. The van der Waals surface area contributed by atoms with Gasteiger partial charge in [-0.2, -0.15) is 18.2 Å². The van der Waals surface area contributed by atoms with Gasteiger partial charge in [0.05, 0.1) is 5.69 Å². The van der Waals surface area contributed by atoms with Crippen molar-refractivity contribution in [2.24, 2.45) is 11.7 Å². The van der Waals surface area contributed by atoms with E-state index in [0.29, 0.717) is 11.4 Å². The van der Waals surface area contributed by atoms with Crippen molar-refractivity contribution in [3.05, 3.63) is 52.1 Å². The highest BCUT2D eigenvalue weighted by Gasteiger charge is 2.41. The highest BCUT2D eigenvalue weighted by atomic mass is 35.5. The minimum Gasteiger partial charge on any atom is -0.369 e. The van der Waals surface area contributed by atoms with E-state index in [0.717, 1.165) is 42.2 Å². The molecule has 0 spiro atoms. The molecule has 0 saturated carbocycles. The number of hydrogen-bond acceptors (Lipinski definition) is 7. The Hall–Kier alpha value is -2.50. The van der Waals surface area contributed by atoms with Gasteiger partial charge < -0.3 is 15.2 Å². The number of likely N-dealkylation sites (tertiary alicyclic amines) is 1. The summed E-state index contributed by atoms with van der Waals surface area (Å²) in [6.45, 7) is 1.66. The lowest BCUT2D eigenvalue weighted by atomic mass is 9.69. The zero-order chi connectivity index (χ0) is 25.2. The van der Waals surface area contributed by atoms with Crippen LogP contribution in [0.15, 0.2) is 34.2 Å². The summed E-state index contributed by atoms with van der Waals surface area (Å²) >= 11 is 7.54. The topological polar surface area (TPSA) is 98.1 Å². The quantitative estimate of drug-likeness (QED) is 0.445. The van der Waals surface area contributed by atoms with Gasteiger partial charge in [0.1, 0.15) is 5.01 Å². The van der Waals surface area contributed by atoms with Crippen LogP contribution < -0.4 is 5.73 Å². The molecule has 0 aliphatic carbocycles. The molecule has 2 aromatic heterocycles. The first kappa shape index (κ1) is 25.6. The van der Waals surface area contributed by atoms with E-state index in [1.165, 1.54) is 11.3 Å². The highest BCUT2D eigenvalue weighted by molar-refractivity contribution is 7.13. The lowest BCUT2D eigenvalue weighted by molar-refractivity contribution is -0.159. The molecule has 1 aliphatic rings. The Morgan fingerprint density at radius 2 is 1.94 bits per heavy atom. The summed E-state index contributed by atoms with van der Waals surface area (Å²) in [4.78, 5) is 23.0. The van der Waals surface area contributed by atoms with Crippen LogP contribution in [0.1, 0.15) is 43.1 Å². The molecule has 2 N–H and O–H groups in total. The van der Waals surface area contributed by atoms with Crippen LogP contribution in [0, 0.1) is 5.92 Å². The van der Waals surface area contributed by atoms with Gasteiger partial charge in [0.15, 0.2) is 5.82 Å². The minimum absolute atomic E-state index is 0.0518. The van der Waals surface area contributed by atoms with E-state index in [1.807, 2.05) is 36.7 Å². The van der Waals surface area contributed by atoms with Crippen LogP contribution in [0.4, 0.5) is 13.2 Å². The molecule has 1 fully saturated rings. The number of aryl methyl sites for hydroxylation is 1. The van der Waals surface area contributed by atoms with Crippen LogP contribution in [0.25, 0.3) is 10.6 Å². The van der Waals surface area contributed by atoms with E-state index in [1.54, 1.807) is 0 Å². The molecule has 3 heterocycles. The summed E-state index contributed by atoms with van der Waals surface area (Å²) in [5, 5.41) is 6.94. The molecule has 3 aromatic rings. The van der Waals surface area contributed by atoms with Crippen molar-refractivity contribution in [3.63, 3.8) is 0 Å². The second-order valence-electron chi connectivity index (χ2n) is 8.98. The van der Waals surface area contributed by atoms with Gasteiger partial charge in [-0.15, -0.1) is 11.3 Å². The number of aromatic nitrogens is 3. The number of carbonyl (C=O) groups excluding carboxylic acids is 1. The molecule has 0 bridgehead atoms. The number of benzene rings is 1. The van der Waals surface area contributed by atoms with E-state index >= 15 is 0 Å². The van der Waals surface area contributed by atoms with Gasteiger partial charge >= 0.3 is 12.1 Å². The van der Waals surface area contributed by atoms with Crippen molar-refractivity contribution >= 4 is 28.8 Å². The predicted molar refractivity (Wildman–Crippen MR) is 126 cm³/mol. The Morgan fingerprint density at radius 1 is 1.26 bits per heavy atom. The van der Waals surface area contributed by atoms with Crippen molar-refractivity contribution in [1.82, 2.24) is 20.0 Å². The van der Waals surface area contributed by atoms with Gasteiger partial charge in [-0.3, -0.25) is 4.79 Å². The fourth-order valence-electron chi connectivity index (χ4n) is 4.44. The molecular formula is C23H25ClF3N5O2S.